The Bertz CT molecular complexity index is 1070. The molecule has 6 heteroatoms. The highest BCUT2D eigenvalue weighted by molar-refractivity contribution is 5.77. The van der Waals surface area contributed by atoms with Gasteiger partial charge in [-0.15, -0.1) is 0 Å². The van der Waals surface area contributed by atoms with Crippen LogP contribution in [0.15, 0.2) is 42.6 Å². The van der Waals surface area contributed by atoms with E-state index in [0.29, 0.717) is 5.95 Å². The van der Waals surface area contributed by atoms with Crippen molar-refractivity contribution in [2.45, 2.75) is 20.3 Å². The summed E-state index contributed by atoms with van der Waals surface area (Å²) in [5, 5.41) is 6.34. The van der Waals surface area contributed by atoms with E-state index in [0.717, 1.165) is 40.6 Å². The first kappa shape index (κ1) is 18.0. The summed E-state index contributed by atoms with van der Waals surface area (Å²) in [6.45, 7) is 4.07. The third-order valence-corrected chi connectivity index (χ3v) is 4.88. The van der Waals surface area contributed by atoms with Gasteiger partial charge < -0.3 is 15.4 Å². The number of pyridine rings is 1. The van der Waals surface area contributed by atoms with Crippen molar-refractivity contribution in [3.05, 3.63) is 59.4 Å². The topological polar surface area (TPSA) is 72.0 Å². The molecule has 2 N–H and O–H groups in total. The van der Waals surface area contributed by atoms with Crippen molar-refractivity contribution in [3.63, 3.8) is 0 Å². The standard InChI is InChI=1S/C22H23N5O/c1-13-5-6-15-10-19(24-12-18(13)15)17-11-16(7-8-20(17)28-4)26-22-25-14(2)9-21(23-3)27-22/h5,7-12H,6H2,1-4H3,(H2,23,25,26,27). The van der Waals surface area contributed by atoms with Gasteiger partial charge in [0.15, 0.2) is 0 Å². The molecule has 3 aromatic rings. The molecule has 1 aliphatic rings. The van der Waals surface area contributed by atoms with Crippen LogP contribution in [0.1, 0.15) is 23.7 Å². The first-order valence-corrected chi connectivity index (χ1v) is 9.22. The lowest BCUT2D eigenvalue weighted by atomic mass is 10.0. The fourth-order valence-corrected chi connectivity index (χ4v) is 3.41. The van der Waals surface area contributed by atoms with E-state index in [1.54, 1.807) is 7.11 Å². The lowest BCUT2D eigenvalue weighted by Crippen LogP contribution is -2.02. The Kier molecular flexibility index (Phi) is 4.69. The SMILES string of the molecule is CNc1cc(C)nc(Nc2ccc(OC)c(-c3cc4c(cn3)C(C)=CC4)c2)n1. The molecule has 0 aliphatic heterocycles. The second-order valence-electron chi connectivity index (χ2n) is 6.83. The highest BCUT2D eigenvalue weighted by atomic mass is 16.5. The number of aryl methyl sites for hydroxylation is 1. The smallest absolute Gasteiger partial charge is 0.229 e. The summed E-state index contributed by atoms with van der Waals surface area (Å²) in [5.41, 5.74) is 7.39. The molecular weight excluding hydrogens is 350 g/mol. The summed E-state index contributed by atoms with van der Waals surface area (Å²) >= 11 is 0. The predicted octanol–water partition coefficient (Wildman–Crippen LogP) is 4.60. The minimum absolute atomic E-state index is 0.544. The number of hydrogen-bond acceptors (Lipinski definition) is 6. The molecule has 0 saturated carbocycles. The minimum Gasteiger partial charge on any atom is -0.496 e. The lowest BCUT2D eigenvalue weighted by Gasteiger charge is -2.13. The molecule has 4 rings (SSSR count). The molecule has 0 unspecified atom stereocenters. The summed E-state index contributed by atoms with van der Waals surface area (Å²) in [6.07, 6.45) is 5.13. The zero-order valence-electron chi connectivity index (χ0n) is 16.5. The molecule has 2 heterocycles. The summed E-state index contributed by atoms with van der Waals surface area (Å²) < 4.78 is 5.58. The van der Waals surface area contributed by atoms with E-state index in [2.05, 4.69) is 44.7 Å². The van der Waals surface area contributed by atoms with Crippen LogP contribution >= 0.6 is 0 Å². The molecule has 0 bridgehead atoms. The molecule has 0 fully saturated rings. The molecular formula is C22H23N5O. The first-order chi connectivity index (χ1) is 13.6. The Morgan fingerprint density at radius 1 is 1.04 bits per heavy atom. The number of anilines is 3. The molecule has 0 atom stereocenters. The van der Waals surface area contributed by atoms with E-state index in [4.69, 9.17) is 4.74 Å². The van der Waals surface area contributed by atoms with Gasteiger partial charge in [-0.3, -0.25) is 4.98 Å². The van der Waals surface area contributed by atoms with Crippen LogP contribution in [0.3, 0.4) is 0 Å². The third kappa shape index (κ3) is 3.41. The molecule has 0 spiro atoms. The molecule has 28 heavy (non-hydrogen) atoms. The Labute approximate surface area is 164 Å². The monoisotopic (exact) mass is 373 g/mol. The Morgan fingerprint density at radius 2 is 1.89 bits per heavy atom. The van der Waals surface area contributed by atoms with Crippen LogP contribution < -0.4 is 15.4 Å². The van der Waals surface area contributed by atoms with Gasteiger partial charge in [0.1, 0.15) is 11.6 Å². The van der Waals surface area contributed by atoms with E-state index in [-0.39, 0.29) is 0 Å². The van der Waals surface area contributed by atoms with Gasteiger partial charge in [0.05, 0.1) is 12.8 Å². The number of nitrogens with one attached hydrogen (secondary N) is 2. The van der Waals surface area contributed by atoms with Crippen LogP contribution in [0, 0.1) is 6.92 Å². The van der Waals surface area contributed by atoms with Gasteiger partial charge in [0.2, 0.25) is 5.95 Å². The normalized spacial score (nSPS) is 12.4. The van der Waals surface area contributed by atoms with Crippen molar-refractivity contribution in [3.8, 4) is 17.0 Å². The number of ether oxygens (including phenoxy) is 1. The number of fused-ring (bicyclic) bond motifs is 1. The molecule has 142 valence electrons. The maximum atomic E-state index is 5.58. The maximum absolute atomic E-state index is 5.58. The molecule has 1 aromatic carbocycles. The highest BCUT2D eigenvalue weighted by Gasteiger charge is 2.15. The molecule has 0 amide bonds. The zero-order valence-corrected chi connectivity index (χ0v) is 16.5. The van der Waals surface area contributed by atoms with Crippen molar-refractivity contribution in [1.82, 2.24) is 15.0 Å². The zero-order chi connectivity index (χ0) is 19.7. The van der Waals surface area contributed by atoms with E-state index in [1.807, 2.05) is 44.4 Å². The fraction of sp³-hybridized carbons (Fsp3) is 0.227. The third-order valence-electron chi connectivity index (χ3n) is 4.88. The van der Waals surface area contributed by atoms with Gasteiger partial charge in [-0.05, 0) is 61.2 Å². The van der Waals surface area contributed by atoms with Crippen LogP contribution in [-0.2, 0) is 6.42 Å². The van der Waals surface area contributed by atoms with Gasteiger partial charge in [-0.2, -0.15) is 4.98 Å². The number of methoxy groups -OCH3 is 1. The molecule has 6 nitrogen and oxygen atoms in total. The van der Waals surface area contributed by atoms with E-state index < -0.39 is 0 Å². The Balaban J connectivity index is 1.70. The first-order valence-electron chi connectivity index (χ1n) is 9.22. The average Bonchev–Trinajstić information content (AvgIpc) is 3.07. The van der Waals surface area contributed by atoms with Crippen LogP contribution in [-0.4, -0.2) is 29.1 Å². The molecule has 2 aromatic heterocycles. The number of hydrogen-bond donors (Lipinski definition) is 2. The minimum atomic E-state index is 0.544. The van der Waals surface area contributed by atoms with Crippen molar-refractivity contribution < 1.29 is 4.74 Å². The second kappa shape index (κ2) is 7.31. The predicted molar refractivity (Wildman–Crippen MR) is 113 cm³/mol. The Morgan fingerprint density at radius 3 is 2.68 bits per heavy atom. The molecule has 1 aliphatic carbocycles. The van der Waals surface area contributed by atoms with Crippen molar-refractivity contribution >= 4 is 23.0 Å². The van der Waals surface area contributed by atoms with Gasteiger partial charge in [0, 0.05) is 36.3 Å². The quantitative estimate of drug-likeness (QED) is 0.681. The molecule has 0 radical (unpaired) electrons. The summed E-state index contributed by atoms with van der Waals surface area (Å²) in [7, 11) is 3.51. The average molecular weight is 373 g/mol. The van der Waals surface area contributed by atoms with Crippen LogP contribution in [0.2, 0.25) is 0 Å². The number of benzene rings is 1. The van der Waals surface area contributed by atoms with E-state index in [9.17, 15) is 0 Å². The fourth-order valence-electron chi connectivity index (χ4n) is 3.41. The number of rotatable bonds is 5. The van der Waals surface area contributed by atoms with Crippen LogP contribution in [0.4, 0.5) is 17.5 Å². The largest absolute Gasteiger partial charge is 0.496 e. The van der Waals surface area contributed by atoms with Gasteiger partial charge in [0.25, 0.3) is 0 Å². The van der Waals surface area contributed by atoms with Gasteiger partial charge in [-0.25, -0.2) is 4.98 Å². The summed E-state index contributed by atoms with van der Waals surface area (Å²) in [6, 6.07) is 9.95. The Hall–Kier alpha value is -3.41. The van der Waals surface area contributed by atoms with Crippen LogP contribution in [0.5, 0.6) is 5.75 Å². The van der Waals surface area contributed by atoms with Crippen molar-refractivity contribution in [2.24, 2.45) is 0 Å². The lowest BCUT2D eigenvalue weighted by molar-refractivity contribution is 0.416. The van der Waals surface area contributed by atoms with Crippen molar-refractivity contribution in [2.75, 3.05) is 24.8 Å². The summed E-state index contributed by atoms with van der Waals surface area (Å²) in [4.78, 5) is 13.6. The number of aromatic nitrogens is 3. The molecule has 0 saturated heterocycles. The second-order valence-corrected chi connectivity index (χ2v) is 6.83. The summed E-state index contributed by atoms with van der Waals surface area (Å²) in [5.74, 6) is 2.09. The maximum Gasteiger partial charge on any atom is 0.229 e. The highest BCUT2D eigenvalue weighted by Crippen LogP contribution is 2.35. The van der Waals surface area contributed by atoms with E-state index in [1.165, 1.54) is 16.7 Å². The number of allylic oxidation sites excluding steroid dienone is 2. The van der Waals surface area contributed by atoms with Gasteiger partial charge >= 0.3 is 0 Å². The van der Waals surface area contributed by atoms with E-state index >= 15 is 0 Å². The van der Waals surface area contributed by atoms with Crippen LogP contribution in [0.25, 0.3) is 16.8 Å². The number of nitrogens with zero attached hydrogens (tertiary/aromatic N) is 3. The van der Waals surface area contributed by atoms with Crippen molar-refractivity contribution in [1.29, 1.82) is 0 Å². The van der Waals surface area contributed by atoms with Gasteiger partial charge in [-0.1, -0.05) is 6.08 Å².